The van der Waals surface area contributed by atoms with Gasteiger partial charge in [-0.15, -0.1) is 0 Å². The highest BCUT2D eigenvalue weighted by Crippen LogP contribution is 2.30. The molecule has 1 saturated heterocycles. The van der Waals surface area contributed by atoms with Crippen LogP contribution < -0.4 is 5.32 Å². The topological polar surface area (TPSA) is 28.2 Å². The van der Waals surface area contributed by atoms with Gasteiger partial charge in [-0.3, -0.25) is 4.90 Å². The first-order valence-electron chi connectivity index (χ1n) is 6.56. The Labute approximate surface area is 104 Å². The van der Waals surface area contributed by atoms with Crippen LogP contribution in [0.1, 0.15) is 39.2 Å². The van der Waals surface area contributed by atoms with Crippen molar-refractivity contribution >= 4 is 5.82 Å². The third-order valence-electron chi connectivity index (χ3n) is 3.67. The van der Waals surface area contributed by atoms with Crippen molar-refractivity contribution < 1.29 is 0 Å². The van der Waals surface area contributed by atoms with E-state index in [9.17, 15) is 0 Å². The molecule has 1 N–H and O–H groups in total. The predicted octanol–water partition coefficient (Wildman–Crippen LogP) is 2.89. The van der Waals surface area contributed by atoms with Crippen molar-refractivity contribution in [2.45, 2.75) is 45.7 Å². The van der Waals surface area contributed by atoms with Gasteiger partial charge in [-0.25, -0.2) is 4.98 Å². The molecule has 1 aliphatic rings. The van der Waals surface area contributed by atoms with Crippen LogP contribution >= 0.6 is 0 Å². The van der Waals surface area contributed by atoms with Gasteiger partial charge in [0, 0.05) is 30.4 Å². The molecular weight excluding hydrogens is 210 g/mol. The van der Waals surface area contributed by atoms with Crippen molar-refractivity contribution in [3.8, 4) is 0 Å². The lowest BCUT2D eigenvalue weighted by atomic mass is 10.0. The van der Waals surface area contributed by atoms with E-state index in [1.807, 2.05) is 12.3 Å². The number of nitrogens with one attached hydrogen (secondary N) is 1. The van der Waals surface area contributed by atoms with Gasteiger partial charge in [0.2, 0.25) is 0 Å². The molecular formula is C14H23N3. The summed E-state index contributed by atoms with van der Waals surface area (Å²) in [6, 6.07) is 4.21. The van der Waals surface area contributed by atoms with Gasteiger partial charge < -0.3 is 5.32 Å². The van der Waals surface area contributed by atoms with Gasteiger partial charge in [0.1, 0.15) is 5.82 Å². The van der Waals surface area contributed by atoms with Gasteiger partial charge in [-0.1, -0.05) is 6.07 Å². The molecule has 3 nitrogen and oxygen atoms in total. The second-order valence-corrected chi connectivity index (χ2v) is 5.38. The molecule has 3 heteroatoms. The summed E-state index contributed by atoms with van der Waals surface area (Å²) in [6.07, 6.45) is 4.46. The SMILES string of the molecule is CCNc1ncccc1CN1CCCC1(C)C. The molecule has 1 aliphatic heterocycles. The number of hydrogen-bond acceptors (Lipinski definition) is 3. The van der Waals surface area contributed by atoms with Crippen molar-refractivity contribution in [3.05, 3.63) is 23.9 Å². The quantitative estimate of drug-likeness (QED) is 0.866. The minimum atomic E-state index is 0.333. The molecule has 0 amide bonds. The van der Waals surface area contributed by atoms with Crippen LogP contribution in [-0.4, -0.2) is 28.5 Å². The lowest BCUT2D eigenvalue weighted by molar-refractivity contribution is 0.166. The first kappa shape index (κ1) is 12.4. The highest BCUT2D eigenvalue weighted by atomic mass is 15.2. The minimum Gasteiger partial charge on any atom is -0.370 e. The number of rotatable bonds is 4. The molecule has 2 heterocycles. The van der Waals surface area contributed by atoms with E-state index in [1.165, 1.54) is 24.9 Å². The fourth-order valence-corrected chi connectivity index (χ4v) is 2.55. The van der Waals surface area contributed by atoms with E-state index >= 15 is 0 Å². The van der Waals surface area contributed by atoms with Crippen LogP contribution in [0.3, 0.4) is 0 Å². The maximum atomic E-state index is 4.42. The molecule has 1 aromatic rings. The molecule has 1 aromatic heterocycles. The van der Waals surface area contributed by atoms with Crippen LogP contribution in [0.15, 0.2) is 18.3 Å². The molecule has 0 bridgehead atoms. The van der Waals surface area contributed by atoms with Gasteiger partial charge in [0.25, 0.3) is 0 Å². The first-order chi connectivity index (χ1) is 8.13. The molecule has 2 rings (SSSR count). The van der Waals surface area contributed by atoms with Crippen LogP contribution in [-0.2, 0) is 6.54 Å². The third-order valence-corrected chi connectivity index (χ3v) is 3.67. The van der Waals surface area contributed by atoms with Crippen LogP contribution in [0.25, 0.3) is 0 Å². The third kappa shape index (κ3) is 2.78. The minimum absolute atomic E-state index is 0.333. The van der Waals surface area contributed by atoms with Crippen molar-refractivity contribution in [3.63, 3.8) is 0 Å². The van der Waals surface area contributed by atoms with E-state index in [0.29, 0.717) is 5.54 Å². The Hall–Kier alpha value is -1.09. The smallest absolute Gasteiger partial charge is 0.130 e. The highest BCUT2D eigenvalue weighted by molar-refractivity contribution is 5.43. The molecule has 0 radical (unpaired) electrons. The number of likely N-dealkylation sites (tertiary alicyclic amines) is 1. The molecule has 1 fully saturated rings. The summed E-state index contributed by atoms with van der Waals surface area (Å²) in [4.78, 5) is 6.98. The Balaban J connectivity index is 2.12. The summed E-state index contributed by atoms with van der Waals surface area (Å²) in [5, 5.41) is 3.34. The first-order valence-corrected chi connectivity index (χ1v) is 6.56. The average Bonchev–Trinajstić information content (AvgIpc) is 2.61. The summed E-state index contributed by atoms with van der Waals surface area (Å²) in [7, 11) is 0. The molecule has 0 saturated carbocycles. The fraction of sp³-hybridized carbons (Fsp3) is 0.643. The van der Waals surface area contributed by atoms with Gasteiger partial charge >= 0.3 is 0 Å². The summed E-state index contributed by atoms with van der Waals surface area (Å²) in [5.74, 6) is 1.04. The van der Waals surface area contributed by atoms with Crippen molar-refractivity contribution in [2.24, 2.45) is 0 Å². The lowest BCUT2D eigenvalue weighted by Crippen LogP contribution is -2.37. The van der Waals surface area contributed by atoms with Gasteiger partial charge in [0.15, 0.2) is 0 Å². The Morgan fingerprint density at radius 2 is 2.29 bits per heavy atom. The standard InChI is InChI=1S/C14H23N3/c1-4-15-13-12(7-5-9-16-13)11-17-10-6-8-14(17,2)3/h5,7,9H,4,6,8,10-11H2,1-3H3,(H,15,16). The van der Waals surface area contributed by atoms with Crippen molar-refractivity contribution in [1.82, 2.24) is 9.88 Å². The molecule has 17 heavy (non-hydrogen) atoms. The van der Waals surface area contributed by atoms with Crippen LogP contribution in [0.2, 0.25) is 0 Å². The van der Waals surface area contributed by atoms with E-state index in [-0.39, 0.29) is 0 Å². The summed E-state index contributed by atoms with van der Waals surface area (Å²) in [6.45, 7) is 9.91. The Kier molecular flexibility index (Phi) is 3.67. The average molecular weight is 233 g/mol. The van der Waals surface area contributed by atoms with Crippen LogP contribution in [0.4, 0.5) is 5.82 Å². The highest BCUT2D eigenvalue weighted by Gasteiger charge is 2.31. The van der Waals surface area contributed by atoms with E-state index in [2.05, 4.69) is 42.0 Å². The fourth-order valence-electron chi connectivity index (χ4n) is 2.55. The van der Waals surface area contributed by atoms with Gasteiger partial charge in [-0.2, -0.15) is 0 Å². The van der Waals surface area contributed by atoms with E-state index in [4.69, 9.17) is 0 Å². The van der Waals surface area contributed by atoms with E-state index in [1.54, 1.807) is 0 Å². The summed E-state index contributed by atoms with van der Waals surface area (Å²) in [5.41, 5.74) is 1.64. The van der Waals surface area contributed by atoms with Gasteiger partial charge in [0.05, 0.1) is 0 Å². The normalized spacial score (nSPS) is 19.5. The molecule has 0 spiro atoms. The maximum Gasteiger partial charge on any atom is 0.130 e. The second kappa shape index (κ2) is 5.05. The zero-order valence-electron chi connectivity index (χ0n) is 11.2. The molecule has 0 unspecified atom stereocenters. The summed E-state index contributed by atoms with van der Waals surface area (Å²) < 4.78 is 0. The predicted molar refractivity (Wildman–Crippen MR) is 72.1 cm³/mol. The van der Waals surface area contributed by atoms with E-state index in [0.717, 1.165) is 18.9 Å². The van der Waals surface area contributed by atoms with E-state index < -0.39 is 0 Å². The lowest BCUT2D eigenvalue weighted by Gasteiger charge is -2.31. The summed E-state index contributed by atoms with van der Waals surface area (Å²) >= 11 is 0. The number of pyridine rings is 1. The van der Waals surface area contributed by atoms with Crippen LogP contribution in [0.5, 0.6) is 0 Å². The zero-order valence-corrected chi connectivity index (χ0v) is 11.2. The molecule has 0 atom stereocenters. The number of aromatic nitrogens is 1. The number of nitrogens with zero attached hydrogens (tertiary/aromatic N) is 2. The number of anilines is 1. The van der Waals surface area contributed by atoms with Crippen LogP contribution in [0, 0.1) is 0 Å². The van der Waals surface area contributed by atoms with Gasteiger partial charge in [-0.05, 0) is 46.2 Å². The largest absolute Gasteiger partial charge is 0.370 e. The van der Waals surface area contributed by atoms with Crippen molar-refractivity contribution in [2.75, 3.05) is 18.4 Å². The molecule has 94 valence electrons. The Morgan fingerprint density at radius 1 is 1.47 bits per heavy atom. The molecule has 0 aliphatic carbocycles. The second-order valence-electron chi connectivity index (χ2n) is 5.38. The maximum absolute atomic E-state index is 4.42. The van der Waals surface area contributed by atoms with Crippen molar-refractivity contribution in [1.29, 1.82) is 0 Å². The Morgan fingerprint density at radius 3 is 2.94 bits per heavy atom. The zero-order chi connectivity index (χ0) is 12.3. The molecule has 0 aromatic carbocycles. The number of hydrogen-bond donors (Lipinski definition) is 1. The Bertz CT molecular complexity index is 373. The monoisotopic (exact) mass is 233 g/mol.